The fourth-order valence-corrected chi connectivity index (χ4v) is 2.71. The molecule has 0 atom stereocenters. The van der Waals surface area contributed by atoms with E-state index >= 15 is 0 Å². The number of para-hydroxylation sites is 3. The summed E-state index contributed by atoms with van der Waals surface area (Å²) in [7, 11) is 0. The Morgan fingerprint density at radius 2 is 1.47 bits per heavy atom. The Hall–Kier alpha value is -3.73. The predicted octanol–water partition coefficient (Wildman–Crippen LogP) is 5.20. The average Bonchev–Trinajstić information content (AvgIpc) is 2.78. The third-order valence-corrected chi connectivity index (χ3v) is 4.12. The minimum Gasteiger partial charge on any atom is -0.494 e. The van der Waals surface area contributed by atoms with Crippen LogP contribution in [0.3, 0.4) is 0 Å². The highest BCUT2D eigenvalue weighted by Crippen LogP contribution is 2.24. The Kier molecular flexibility index (Phi) is 7.92. The summed E-state index contributed by atoms with van der Waals surface area (Å²) in [5.74, 6) is 1.96. The van der Waals surface area contributed by atoms with E-state index in [0.717, 1.165) is 17.1 Å². The fourth-order valence-electron chi connectivity index (χ4n) is 2.71. The maximum Gasteiger partial charge on any atom is 0.248 e. The van der Waals surface area contributed by atoms with Crippen LogP contribution in [0, 0.1) is 0 Å². The SMILES string of the molecule is CCOc1ccc(/C=C/C(=O)Nc2ccccc2OCCOc2ccccc2)cc1. The molecular formula is C25H25NO4. The molecule has 0 unspecified atom stereocenters. The molecule has 1 amide bonds. The summed E-state index contributed by atoms with van der Waals surface area (Å²) in [4.78, 5) is 12.3. The van der Waals surface area contributed by atoms with Crippen molar-refractivity contribution in [2.45, 2.75) is 6.92 Å². The molecule has 3 rings (SSSR count). The quantitative estimate of drug-likeness (QED) is 0.374. The molecule has 0 aliphatic heterocycles. The Morgan fingerprint density at radius 3 is 2.23 bits per heavy atom. The summed E-state index contributed by atoms with van der Waals surface area (Å²) in [6.07, 6.45) is 3.24. The molecule has 0 spiro atoms. The number of carbonyl (C=O) groups excluding carboxylic acids is 1. The standard InChI is InChI=1S/C25H25NO4/c1-2-28-22-15-12-20(13-16-22)14-17-25(27)26-23-10-6-7-11-24(23)30-19-18-29-21-8-4-3-5-9-21/h3-17H,2,18-19H2,1H3,(H,26,27)/b17-14+. The Morgan fingerprint density at radius 1 is 0.800 bits per heavy atom. The molecule has 0 aliphatic rings. The van der Waals surface area contributed by atoms with Crippen molar-refractivity contribution in [3.8, 4) is 17.2 Å². The molecule has 5 nitrogen and oxygen atoms in total. The number of amides is 1. The number of anilines is 1. The van der Waals surface area contributed by atoms with Gasteiger partial charge in [-0.3, -0.25) is 4.79 Å². The third-order valence-electron chi connectivity index (χ3n) is 4.12. The lowest BCUT2D eigenvalue weighted by atomic mass is 10.2. The fraction of sp³-hybridized carbons (Fsp3) is 0.160. The maximum atomic E-state index is 12.3. The average molecular weight is 403 g/mol. The van der Waals surface area contributed by atoms with Crippen LogP contribution >= 0.6 is 0 Å². The van der Waals surface area contributed by atoms with Crippen molar-refractivity contribution in [3.63, 3.8) is 0 Å². The molecule has 0 aromatic heterocycles. The summed E-state index contributed by atoms with van der Waals surface area (Å²) in [6.45, 7) is 3.33. The van der Waals surface area contributed by atoms with Gasteiger partial charge in [-0.2, -0.15) is 0 Å². The maximum absolute atomic E-state index is 12.3. The van der Waals surface area contributed by atoms with E-state index in [1.807, 2.05) is 79.7 Å². The van der Waals surface area contributed by atoms with Gasteiger partial charge in [0, 0.05) is 6.08 Å². The van der Waals surface area contributed by atoms with Crippen molar-refractivity contribution in [1.29, 1.82) is 0 Å². The van der Waals surface area contributed by atoms with Gasteiger partial charge in [0.2, 0.25) is 5.91 Å². The van der Waals surface area contributed by atoms with Crippen molar-refractivity contribution in [2.75, 3.05) is 25.1 Å². The smallest absolute Gasteiger partial charge is 0.248 e. The minimum absolute atomic E-state index is 0.236. The summed E-state index contributed by atoms with van der Waals surface area (Å²) < 4.78 is 16.8. The number of rotatable bonds is 10. The molecule has 0 heterocycles. The molecule has 0 radical (unpaired) electrons. The highest BCUT2D eigenvalue weighted by Gasteiger charge is 2.06. The number of nitrogens with one attached hydrogen (secondary N) is 1. The molecule has 154 valence electrons. The summed E-state index contributed by atoms with van der Waals surface area (Å²) in [5, 5.41) is 2.85. The zero-order valence-electron chi connectivity index (χ0n) is 16.9. The first-order valence-corrected chi connectivity index (χ1v) is 9.86. The Bertz CT molecular complexity index is 952. The lowest BCUT2D eigenvalue weighted by molar-refractivity contribution is -0.111. The first-order valence-electron chi connectivity index (χ1n) is 9.86. The Labute approximate surface area is 176 Å². The number of carbonyl (C=O) groups is 1. The molecule has 0 aliphatic carbocycles. The van der Waals surface area contributed by atoms with Gasteiger partial charge < -0.3 is 19.5 Å². The van der Waals surface area contributed by atoms with Gasteiger partial charge in [0.25, 0.3) is 0 Å². The third kappa shape index (κ3) is 6.71. The van der Waals surface area contributed by atoms with Crippen LogP contribution in [0.1, 0.15) is 12.5 Å². The van der Waals surface area contributed by atoms with Gasteiger partial charge in [0.1, 0.15) is 30.5 Å². The van der Waals surface area contributed by atoms with E-state index in [1.54, 1.807) is 12.1 Å². The van der Waals surface area contributed by atoms with Gasteiger partial charge in [-0.1, -0.05) is 42.5 Å². The largest absolute Gasteiger partial charge is 0.494 e. The molecular weight excluding hydrogens is 378 g/mol. The molecule has 1 N–H and O–H groups in total. The number of hydrogen-bond donors (Lipinski definition) is 1. The molecule has 0 saturated heterocycles. The van der Waals surface area contributed by atoms with Crippen LogP contribution < -0.4 is 19.5 Å². The topological polar surface area (TPSA) is 56.8 Å². The number of ether oxygens (including phenoxy) is 3. The zero-order valence-corrected chi connectivity index (χ0v) is 16.9. The van der Waals surface area contributed by atoms with Crippen LogP contribution in [0.2, 0.25) is 0 Å². The normalized spacial score (nSPS) is 10.6. The van der Waals surface area contributed by atoms with Crippen molar-refractivity contribution < 1.29 is 19.0 Å². The van der Waals surface area contributed by atoms with E-state index in [-0.39, 0.29) is 5.91 Å². The molecule has 3 aromatic carbocycles. The molecule has 0 fully saturated rings. The lowest BCUT2D eigenvalue weighted by Gasteiger charge is -2.12. The van der Waals surface area contributed by atoms with Crippen LogP contribution in [-0.4, -0.2) is 25.7 Å². The van der Waals surface area contributed by atoms with E-state index < -0.39 is 0 Å². The monoisotopic (exact) mass is 403 g/mol. The summed E-state index contributed by atoms with van der Waals surface area (Å²) in [6, 6.07) is 24.4. The van der Waals surface area contributed by atoms with E-state index in [0.29, 0.717) is 31.3 Å². The summed E-state index contributed by atoms with van der Waals surface area (Å²) in [5.41, 5.74) is 1.52. The zero-order chi connectivity index (χ0) is 21.0. The molecule has 3 aromatic rings. The summed E-state index contributed by atoms with van der Waals surface area (Å²) >= 11 is 0. The van der Waals surface area contributed by atoms with Gasteiger partial charge in [0.15, 0.2) is 0 Å². The highest BCUT2D eigenvalue weighted by molar-refractivity contribution is 6.02. The van der Waals surface area contributed by atoms with Crippen LogP contribution in [-0.2, 0) is 4.79 Å². The molecule has 0 saturated carbocycles. The van der Waals surface area contributed by atoms with Crippen molar-refractivity contribution in [2.24, 2.45) is 0 Å². The van der Waals surface area contributed by atoms with E-state index in [9.17, 15) is 4.79 Å². The van der Waals surface area contributed by atoms with E-state index in [4.69, 9.17) is 14.2 Å². The van der Waals surface area contributed by atoms with Crippen LogP contribution in [0.5, 0.6) is 17.2 Å². The van der Waals surface area contributed by atoms with Gasteiger partial charge in [-0.15, -0.1) is 0 Å². The van der Waals surface area contributed by atoms with Crippen molar-refractivity contribution in [1.82, 2.24) is 0 Å². The molecule has 30 heavy (non-hydrogen) atoms. The van der Waals surface area contributed by atoms with Gasteiger partial charge in [-0.25, -0.2) is 0 Å². The van der Waals surface area contributed by atoms with Gasteiger partial charge in [-0.05, 0) is 55.0 Å². The second kappa shape index (κ2) is 11.3. The van der Waals surface area contributed by atoms with E-state index in [2.05, 4.69) is 5.32 Å². The van der Waals surface area contributed by atoms with Crippen LogP contribution in [0.4, 0.5) is 5.69 Å². The van der Waals surface area contributed by atoms with Crippen molar-refractivity contribution in [3.05, 3.63) is 90.5 Å². The first-order chi connectivity index (χ1) is 14.7. The van der Waals surface area contributed by atoms with Crippen LogP contribution in [0.25, 0.3) is 6.08 Å². The minimum atomic E-state index is -0.236. The van der Waals surface area contributed by atoms with Crippen LogP contribution in [0.15, 0.2) is 84.9 Å². The number of benzene rings is 3. The van der Waals surface area contributed by atoms with Crippen molar-refractivity contribution >= 4 is 17.7 Å². The van der Waals surface area contributed by atoms with E-state index in [1.165, 1.54) is 6.08 Å². The molecule has 0 bridgehead atoms. The second-order valence-electron chi connectivity index (χ2n) is 6.33. The van der Waals surface area contributed by atoms with Gasteiger partial charge in [0.05, 0.1) is 12.3 Å². The van der Waals surface area contributed by atoms with Gasteiger partial charge >= 0.3 is 0 Å². The Balaban J connectivity index is 1.51. The first kappa shape index (κ1) is 21.0. The highest BCUT2D eigenvalue weighted by atomic mass is 16.5. The predicted molar refractivity (Wildman–Crippen MR) is 119 cm³/mol. The lowest BCUT2D eigenvalue weighted by Crippen LogP contribution is -2.12. The number of hydrogen-bond acceptors (Lipinski definition) is 4. The second-order valence-corrected chi connectivity index (χ2v) is 6.33. The molecule has 5 heteroatoms.